The number of amides is 2. The van der Waals surface area contributed by atoms with Gasteiger partial charge in [0.2, 0.25) is 5.91 Å². The Morgan fingerprint density at radius 2 is 1.84 bits per heavy atom. The maximum absolute atomic E-state index is 13.4. The lowest BCUT2D eigenvalue weighted by Gasteiger charge is -2.64. The van der Waals surface area contributed by atoms with Crippen molar-refractivity contribution in [1.82, 2.24) is 10.2 Å². The number of nitrogens with one attached hydrogen (secondary N) is 1. The van der Waals surface area contributed by atoms with Gasteiger partial charge < -0.3 is 20.1 Å². The molecule has 6 aliphatic rings. The monoisotopic (exact) mass is 428 g/mol. The lowest BCUT2D eigenvalue weighted by molar-refractivity contribution is -0.167. The predicted molar refractivity (Wildman–Crippen MR) is 117 cm³/mol. The highest BCUT2D eigenvalue weighted by Crippen LogP contribution is 2.66. The first-order valence-corrected chi connectivity index (χ1v) is 12.2. The Kier molecular flexibility index (Phi) is 5.40. The van der Waals surface area contributed by atoms with Crippen molar-refractivity contribution in [3.8, 4) is 0 Å². The van der Waals surface area contributed by atoms with Crippen LogP contribution in [0.1, 0.15) is 58.8 Å². The van der Waals surface area contributed by atoms with Crippen LogP contribution >= 0.6 is 0 Å². The molecular formula is C25H36N2O4. The number of hydrogen-bond acceptors (Lipinski definition) is 4. The summed E-state index contributed by atoms with van der Waals surface area (Å²) in [6.45, 7) is 4.80. The fourth-order valence-electron chi connectivity index (χ4n) is 7.43. The number of hydrogen-bond donors (Lipinski definition) is 2. The first-order chi connectivity index (χ1) is 14.9. The van der Waals surface area contributed by atoms with Gasteiger partial charge >= 0.3 is 6.09 Å². The topological polar surface area (TPSA) is 78.9 Å². The normalized spacial score (nSPS) is 38.8. The Balaban J connectivity index is 1.29. The summed E-state index contributed by atoms with van der Waals surface area (Å²) in [4.78, 5) is 27.2. The highest BCUT2D eigenvalue weighted by atomic mass is 16.6. The van der Waals surface area contributed by atoms with E-state index in [-0.39, 0.29) is 29.6 Å². The van der Waals surface area contributed by atoms with Gasteiger partial charge in [0.15, 0.2) is 0 Å². The smallest absolute Gasteiger partial charge is 0.407 e. The Hall–Kier alpha value is -1.82. The first kappa shape index (κ1) is 21.0. The summed E-state index contributed by atoms with van der Waals surface area (Å²) in [6.07, 6.45) is 13.0. The second kappa shape index (κ2) is 7.95. The number of carbonyl (C=O) groups is 2. The van der Waals surface area contributed by atoms with Crippen molar-refractivity contribution in [3.05, 3.63) is 23.8 Å². The number of aliphatic hydroxyl groups excluding tert-OH is 1. The molecule has 1 heterocycles. The van der Waals surface area contributed by atoms with Gasteiger partial charge in [0.1, 0.15) is 0 Å². The van der Waals surface area contributed by atoms with E-state index in [1.807, 2.05) is 18.7 Å². The number of carbonyl (C=O) groups excluding carboxylic acids is 2. The Morgan fingerprint density at radius 3 is 2.39 bits per heavy atom. The zero-order chi connectivity index (χ0) is 21.8. The maximum Gasteiger partial charge on any atom is 0.407 e. The average Bonchev–Trinajstić information content (AvgIpc) is 2.68. The van der Waals surface area contributed by atoms with Crippen LogP contribution in [0.4, 0.5) is 4.79 Å². The van der Waals surface area contributed by atoms with Crippen LogP contribution in [-0.2, 0) is 9.53 Å². The number of aliphatic hydroxyl groups is 1. The molecule has 0 spiro atoms. The number of allylic oxidation sites excluding steroid dienone is 4. The van der Waals surface area contributed by atoms with E-state index >= 15 is 0 Å². The van der Waals surface area contributed by atoms with Crippen LogP contribution in [0.3, 0.4) is 0 Å². The molecule has 2 N–H and O–H groups in total. The van der Waals surface area contributed by atoms with Crippen LogP contribution in [0.2, 0.25) is 0 Å². The lowest BCUT2D eigenvalue weighted by Crippen LogP contribution is -2.63. The molecule has 2 amide bonds. The van der Waals surface area contributed by atoms with Gasteiger partial charge in [0.05, 0.1) is 18.2 Å². The third-order valence-electron chi connectivity index (χ3n) is 8.73. The van der Waals surface area contributed by atoms with Gasteiger partial charge in [-0.2, -0.15) is 0 Å². The molecule has 0 aromatic rings. The molecule has 6 heteroatoms. The minimum Gasteiger partial charge on any atom is -0.447 e. The van der Waals surface area contributed by atoms with Crippen molar-refractivity contribution in [2.75, 3.05) is 13.1 Å². The van der Waals surface area contributed by atoms with Crippen LogP contribution in [0.25, 0.3) is 0 Å². The van der Waals surface area contributed by atoms with E-state index in [1.165, 1.54) is 5.57 Å². The summed E-state index contributed by atoms with van der Waals surface area (Å²) in [5.41, 5.74) is 1.44. The lowest BCUT2D eigenvalue weighted by atomic mass is 9.41. The van der Waals surface area contributed by atoms with Crippen LogP contribution in [-0.4, -0.2) is 53.3 Å². The minimum absolute atomic E-state index is 0.0170. The van der Waals surface area contributed by atoms with Gasteiger partial charge in [-0.05, 0) is 76.0 Å². The molecule has 0 atom stereocenters. The first-order valence-electron chi connectivity index (χ1n) is 12.2. The predicted octanol–water partition coefficient (Wildman–Crippen LogP) is 3.41. The molecule has 170 valence electrons. The van der Waals surface area contributed by atoms with Crippen molar-refractivity contribution in [3.63, 3.8) is 0 Å². The SMILES string of the molecule is CC(C)OC(=O)NC1CN(C(=O)CC2(C3=CC=CCC3)C3CC4CC2CC(C3)C4O)C1. The molecule has 1 saturated heterocycles. The summed E-state index contributed by atoms with van der Waals surface area (Å²) in [7, 11) is 0. The summed E-state index contributed by atoms with van der Waals surface area (Å²) in [6, 6.07) is -0.0170. The van der Waals surface area contributed by atoms with E-state index < -0.39 is 6.09 Å². The fraction of sp³-hybridized carbons (Fsp3) is 0.760. The fourth-order valence-corrected chi connectivity index (χ4v) is 7.43. The van der Waals surface area contributed by atoms with Crippen molar-refractivity contribution in [2.24, 2.45) is 29.1 Å². The highest BCUT2D eigenvalue weighted by Gasteiger charge is 2.61. The van der Waals surface area contributed by atoms with Crippen LogP contribution in [0.15, 0.2) is 23.8 Å². The Labute approximate surface area is 185 Å². The van der Waals surface area contributed by atoms with Gasteiger partial charge in [0.25, 0.3) is 0 Å². The third-order valence-corrected chi connectivity index (χ3v) is 8.73. The molecule has 4 saturated carbocycles. The molecular weight excluding hydrogens is 392 g/mol. The number of likely N-dealkylation sites (tertiary alicyclic amines) is 1. The highest BCUT2D eigenvalue weighted by molar-refractivity contribution is 5.79. The number of rotatable bonds is 5. The minimum atomic E-state index is -0.401. The van der Waals surface area contributed by atoms with E-state index in [0.29, 0.717) is 43.2 Å². The maximum atomic E-state index is 13.4. The summed E-state index contributed by atoms with van der Waals surface area (Å²) in [5.74, 6) is 2.09. The standard InChI is InChI=1S/C25H36N2O4/c1-15(2)31-24(30)26-21-13-27(14-21)22(28)12-25(18-6-4-3-5-7-18)19-8-16-9-20(25)11-17(10-19)23(16)29/h3-4,6,15-17,19-21,23,29H,5,7-14H2,1-2H3,(H,26,30). The second-order valence-corrected chi connectivity index (χ2v) is 10.8. The van der Waals surface area contributed by atoms with Gasteiger partial charge in [-0.15, -0.1) is 0 Å². The molecule has 31 heavy (non-hydrogen) atoms. The van der Waals surface area contributed by atoms with E-state index in [2.05, 4.69) is 23.5 Å². The molecule has 0 aromatic heterocycles. The molecule has 0 aromatic carbocycles. The van der Waals surface area contributed by atoms with Crippen molar-refractivity contribution in [2.45, 2.75) is 77.0 Å². The van der Waals surface area contributed by atoms with Crippen molar-refractivity contribution < 1.29 is 19.4 Å². The molecule has 5 aliphatic carbocycles. The second-order valence-electron chi connectivity index (χ2n) is 10.8. The number of nitrogens with zero attached hydrogens (tertiary/aromatic N) is 1. The van der Waals surface area contributed by atoms with Gasteiger partial charge in [-0.1, -0.05) is 23.8 Å². The Morgan fingerprint density at radius 1 is 1.19 bits per heavy atom. The van der Waals surface area contributed by atoms with Gasteiger partial charge in [0, 0.05) is 24.9 Å². The third kappa shape index (κ3) is 3.61. The van der Waals surface area contributed by atoms with Crippen LogP contribution < -0.4 is 5.32 Å². The largest absolute Gasteiger partial charge is 0.447 e. The Bertz CT molecular complexity index is 765. The van der Waals surface area contributed by atoms with E-state index in [1.54, 1.807) is 0 Å². The van der Waals surface area contributed by atoms with Crippen molar-refractivity contribution >= 4 is 12.0 Å². The summed E-state index contributed by atoms with van der Waals surface area (Å²) in [5, 5.41) is 13.5. The summed E-state index contributed by atoms with van der Waals surface area (Å²) < 4.78 is 5.15. The molecule has 6 nitrogen and oxygen atoms in total. The average molecular weight is 429 g/mol. The van der Waals surface area contributed by atoms with Crippen molar-refractivity contribution in [1.29, 1.82) is 0 Å². The van der Waals surface area contributed by atoms with Crippen LogP contribution in [0.5, 0.6) is 0 Å². The van der Waals surface area contributed by atoms with E-state index in [0.717, 1.165) is 38.5 Å². The quantitative estimate of drug-likeness (QED) is 0.703. The van der Waals surface area contributed by atoms with Gasteiger partial charge in [-0.25, -0.2) is 4.79 Å². The molecule has 6 rings (SSSR count). The molecule has 1 aliphatic heterocycles. The number of alkyl carbamates (subject to hydrolysis) is 1. The van der Waals surface area contributed by atoms with E-state index in [4.69, 9.17) is 4.74 Å². The molecule has 4 bridgehead atoms. The van der Waals surface area contributed by atoms with Gasteiger partial charge in [-0.3, -0.25) is 4.79 Å². The zero-order valence-corrected chi connectivity index (χ0v) is 18.8. The zero-order valence-electron chi connectivity index (χ0n) is 18.8. The van der Waals surface area contributed by atoms with Crippen LogP contribution in [0, 0.1) is 29.1 Å². The molecule has 0 unspecified atom stereocenters. The molecule has 5 fully saturated rings. The molecule has 0 radical (unpaired) electrons. The summed E-state index contributed by atoms with van der Waals surface area (Å²) >= 11 is 0. The number of ether oxygens (including phenoxy) is 1. The van der Waals surface area contributed by atoms with E-state index in [9.17, 15) is 14.7 Å².